The molecule has 0 saturated heterocycles. The van der Waals surface area contributed by atoms with Gasteiger partial charge in [0.05, 0.1) is 13.3 Å². The fraction of sp³-hybridized carbons (Fsp3) is 0.424. The Morgan fingerprint density at radius 2 is 1.59 bits per heavy atom. The summed E-state index contributed by atoms with van der Waals surface area (Å²) in [4.78, 5) is 4.70. The molecule has 2 aromatic carbocycles. The summed E-state index contributed by atoms with van der Waals surface area (Å²) in [7, 11) is 0. The molecule has 0 radical (unpaired) electrons. The molecule has 37 heavy (non-hydrogen) atoms. The Morgan fingerprint density at radius 3 is 2.24 bits per heavy atom. The Labute approximate surface area is 221 Å². The van der Waals surface area contributed by atoms with Gasteiger partial charge >= 0.3 is 0 Å². The molecule has 0 aliphatic heterocycles. The number of fused-ring (bicyclic) bond motifs is 1. The predicted octanol–water partition coefficient (Wildman–Crippen LogP) is 8.62. The molecule has 0 unspecified atom stereocenters. The van der Waals surface area contributed by atoms with Crippen LogP contribution in [0, 0.1) is 19.8 Å². The van der Waals surface area contributed by atoms with E-state index in [9.17, 15) is 8.78 Å². The van der Waals surface area contributed by atoms with Gasteiger partial charge in [-0.25, -0.2) is 0 Å². The van der Waals surface area contributed by atoms with Gasteiger partial charge in [0, 0.05) is 24.0 Å². The van der Waals surface area contributed by atoms with Gasteiger partial charge in [-0.3, -0.25) is 13.8 Å². The quantitative estimate of drug-likeness (QED) is 0.343. The molecule has 1 heterocycles. The molecule has 2 aliphatic carbocycles. The SMILES string of the molecule is Cc1cc(C2=C(c3ccc(CC4CCCC4)cc3)c3ccc(N)cc3CCC2)cnc1C.FCCCF. The van der Waals surface area contributed by atoms with Gasteiger partial charge in [0.15, 0.2) is 0 Å². The highest BCUT2D eigenvalue weighted by Gasteiger charge is 2.21. The van der Waals surface area contributed by atoms with Crippen molar-refractivity contribution >= 4 is 16.8 Å². The summed E-state index contributed by atoms with van der Waals surface area (Å²) in [5.74, 6) is 0.874. The topological polar surface area (TPSA) is 38.9 Å². The number of hydrogen-bond donors (Lipinski definition) is 1. The number of halogens is 2. The molecule has 1 saturated carbocycles. The third-order valence-electron chi connectivity index (χ3n) is 7.77. The van der Waals surface area contributed by atoms with Gasteiger partial charge in [-0.15, -0.1) is 0 Å². The second kappa shape index (κ2) is 13.0. The van der Waals surface area contributed by atoms with Gasteiger partial charge in [-0.2, -0.15) is 0 Å². The summed E-state index contributed by atoms with van der Waals surface area (Å²) < 4.78 is 21.5. The van der Waals surface area contributed by atoms with E-state index < -0.39 is 13.3 Å². The van der Waals surface area contributed by atoms with Gasteiger partial charge in [0.25, 0.3) is 0 Å². The van der Waals surface area contributed by atoms with Crippen LogP contribution >= 0.6 is 0 Å². The number of pyridine rings is 1. The summed E-state index contributed by atoms with van der Waals surface area (Å²) in [5, 5.41) is 0. The van der Waals surface area contributed by atoms with Crippen molar-refractivity contribution in [2.75, 3.05) is 19.1 Å². The van der Waals surface area contributed by atoms with Gasteiger partial charge in [-0.05, 0) is 108 Å². The van der Waals surface area contributed by atoms with Gasteiger partial charge in [0.2, 0.25) is 0 Å². The first kappa shape index (κ1) is 27.0. The normalized spacial score (nSPS) is 15.7. The maximum Gasteiger partial charge on any atom is 0.0919 e. The molecular weight excluding hydrogens is 462 g/mol. The second-order valence-electron chi connectivity index (χ2n) is 10.5. The monoisotopic (exact) mass is 502 g/mol. The van der Waals surface area contributed by atoms with E-state index in [2.05, 4.69) is 68.6 Å². The standard InChI is InChI=1S/C30H34N2.C3H6F2/c1-20-16-26(19-32-21(20)2)28-9-5-8-25-18-27(31)14-15-29(25)30(28)24-12-10-23(11-13-24)17-22-6-3-4-7-22;4-2-1-3-5/h10-16,18-19,22H,3-9,17,31H2,1-2H3;1-3H2. The van der Waals surface area contributed by atoms with Gasteiger partial charge < -0.3 is 5.73 Å². The third kappa shape index (κ3) is 6.85. The Balaban J connectivity index is 0.000000586. The Morgan fingerprint density at radius 1 is 0.865 bits per heavy atom. The average molecular weight is 503 g/mol. The number of nitrogens with zero attached hydrogens (tertiary/aromatic N) is 1. The van der Waals surface area contributed by atoms with Crippen LogP contribution in [0.2, 0.25) is 0 Å². The molecule has 1 fully saturated rings. The lowest BCUT2D eigenvalue weighted by atomic mass is 9.87. The highest BCUT2D eigenvalue weighted by Crippen LogP contribution is 2.40. The van der Waals surface area contributed by atoms with Crippen molar-refractivity contribution in [3.63, 3.8) is 0 Å². The minimum absolute atomic E-state index is 0.0556. The maximum atomic E-state index is 10.8. The predicted molar refractivity (Wildman–Crippen MR) is 152 cm³/mol. The molecular formula is C33H40F2N2. The highest BCUT2D eigenvalue weighted by atomic mass is 19.1. The molecule has 0 atom stereocenters. The van der Waals surface area contributed by atoms with Crippen LogP contribution in [0.25, 0.3) is 11.1 Å². The molecule has 5 rings (SSSR count). The smallest absolute Gasteiger partial charge is 0.0919 e. The first-order chi connectivity index (χ1) is 18.0. The summed E-state index contributed by atoms with van der Waals surface area (Å²) in [5.41, 5.74) is 18.9. The number of anilines is 1. The Hall–Kier alpha value is -3.01. The lowest BCUT2D eigenvalue weighted by Gasteiger charge is -2.18. The number of hydrogen-bond acceptors (Lipinski definition) is 2. The van der Waals surface area contributed by atoms with E-state index >= 15 is 0 Å². The first-order valence-electron chi connectivity index (χ1n) is 13.8. The third-order valence-corrected chi connectivity index (χ3v) is 7.77. The number of nitrogens with two attached hydrogens (primary N) is 1. The van der Waals surface area contributed by atoms with Crippen LogP contribution in [0.5, 0.6) is 0 Å². The zero-order chi connectivity index (χ0) is 26.2. The van der Waals surface area contributed by atoms with Crippen molar-refractivity contribution in [1.82, 2.24) is 4.98 Å². The van der Waals surface area contributed by atoms with Crippen molar-refractivity contribution in [2.24, 2.45) is 5.92 Å². The molecule has 2 aliphatic rings. The van der Waals surface area contributed by atoms with Crippen LogP contribution in [-0.2, 0) is 12.8 Å². The van der Waals surface area contributed by atoms with Crippen molar-refractivity contribution in [2.45, 2.75) is 71.6 Å². The second-order valence-corrected chi connectivity index (χ2v) is 10.5. The van der Waals surface area contributed by atoms with Crippen molar-refractivity contribution in [1.29, 1.82) is 0 Å². The molecule has 2 N–H and O–H groups in total. The molecule has 196 valence electrons. The van der Waals surface area contributed by atoms with E-state index in [1.807, 2.05) is 0 Å². The minimum atomic E-state index is -0.531. The minimum Gasteiger partial charge on any atom is -0.399 e. The summed E-state index contributed by atoms with van der Waals surface area (Å²) >= 11 is 0. The largest absolute Gasteiger partial charge is 0.399 e. The van der Waals surface area contributed by atoms with Gasteiger partial charge in [0.1, 0.15) is 0 Å². The number of allylic oxidation sites excluding steroid dienone is 1. The number of nitrogen functional groups attached to an aromatic ring is 1. The zero-order valence-corrected chi connectivity index (χ0v) is 22.3. The molecule has 2 nitrogen and oxygen atoms in total. The van der Waals surface area contributed by atoms with Crippen LogP contribution in [-0.4, -0.2) is 18.3 Å². The molecule has 4 heteroatoms. The summed E-state index contributed by atoms with van der Waals surface area (Å²) in [6.45, 7) is 3.19. The van der Waals surface area contributed by atoms with E-state index in [1.54, 1.807) is 0 Å². The van der Waals surface area contributed by atoms with E-state index in [0.717, 1.165) is 36.6 Å². The van der Waals surface area contributed by atoms with Crippen molar-refractivity contribution in [3.05, 3.63) is 93.8 Å². The van der Waals surface area contributed by atoms with E-state index in [1.165, 1.54) is 76.6 Å². The molecule has 0 amide bonds. The zero-order valence-electron chi connectivity index (χ0n) is 22.3. The summed E-state index contributed by atoms with van der Waals surface area (Å²) in [6, 6.07) is 18.2. The lowest BCUT2D eigenvalue weighted by Crippen LogP contribution is -2.01. The number of benzene rings is 2. The maximum absolute atomic E-state index is 10.8. The summed E-state index contributed by atoms with van der Waals surface area (Å²) in [6.07, 6.45) is 12.2. The number of rotatable bonds is 6. The van der Waals surface area contributed by atoms with E-state index in [0.29, 0.717) is 0 Å². The molecule has 1 aromatic heterocycles. The average Bonchev–Trinajstić information content (AvgIpc) is 3.33. The number of aryl methyl sites for hydroxylation is 3. The van der Waals surface area contributed by atoms with Crippen molar-refractivity contribution in [3.8, 4) is 0 Å². The van der Waals surface area contributed by atoms with Crippen LogP contribution in [0.3, 0.4) is 0 Å². The van der Waals surface area contributed by atoms with Crippen LogP contribution in [0.4, 0.5) is 14.5 Å². The highest BCUT2D eigenvalue weighted by molar-refractivity contribution is 6.00. The Kier molecular flexibility index (Phi) is 9.49. The van der Waals surface area contributed by atoms with Crippen molar-refractivity contribution < 1.29 is 8.78 Å². The molecule has 3 aromatic rings. The fourth-order valence-corrected chi connectivity index (χ4v) is 5.64. The van der Waals surface area contributed by atoms with Crippen LogP contribution < -0.4 is 5.73 Å². The van der Waals surface area contributed by atoms with Crippen LogP contribution in [0.15, 0.2) is 54.7 Å². The number of alkyl halides is 2. The lowest BCUT2D eigenvalue weighted by molar-refractivity contribution is 0.398. The van der Waals surface area contributed by atoms with E-state index in [4.69, 9.17) is 10.7 Å². The fourth-order valence-electron chi connectivity index (χ4n) is 5.64. The van der Waals surface area contributed by atoms with E-state index in [-0.39, 0.29) is 6.42 Å². The molecule has 0 spiro atoms. The van der Waals surface area contributed by atoms with Crippen LogP contribution in [0.1, 0.15) is 84.0 Å². The number of aromatic nitrogens is 1. The first-order valence-corrected chi connectivity index (χ1v) is 13.8. The van der Waals surface area contributed by atoms with Gasteiger partial charge in [-0.1, -0.05) is 56.0 Å². The Bertz CT molecular complexity index is 1210. The molecule has 0 bridgehead atoms.